The summed E-state index contributed by atoms with van der Waals surface area (Å²) in [5, 5.41) is 1.32. The Hall–Kier alpha value is -1.30. The number of para-hydroxylation sites is 1. The zero-order chi connectivity index (χ0) is 17.4. The van der Waals surface area contributed by atoms with Gasteiger partial charge in [-0.1, -0.05) is 18.2 Å². The molecule has 0 spiro atoms. The van der Waals surface area contributed by atoms with E-state index in [9.17, 15) is 4.79 Å². The molecule has 0 saturated carbocycles. The van der Waals surface area contributed by atoms with Crippen LogP contribution in [-0.4, -0.2) is 48.4 Å². The number of carbonyl (C=O) groups is 1. The molecule has 25 heavy (non-hydrogen) atoms. The third kappa shape index (κ3) is 2.06. The predicted molar refractivity (Wildman–Crippen MR) is 100 cm³/mol. The van der Waals surface area contributed by atoms with Crippen LogP contribution < -0.4 is 9.80 Å². The molecule has 4 nitrogen and oxygen atoms in total. The van der Waals surface area contributed by atoms with Gasteiger partial charge in [0.25, 0.3) is 0 Å². The Kier molecular flexibility index (Phi) is 3.12. The molecule has 4 aliphatic heterocycles. The first-order valence-corrected chi connectivity index (χ1v) is 10.3. The van der Waals surface area contributed by atoms with Crippen LogP contribution in [-0.2, 0) is 4.79 Å². The Bertz CT molecular complexity index is 833. The quantitative estimate of drug-likeness (QED) is 0.695. The number of nitrogens with one attached hydrogen (secondary N) is 3. The summed E-state index contributed by atoms with van der Waals surface area (Å²) < 4.78 is 0. The molecule has 1 aromatic heterocycles. The molecule has 5 heterocycles. The van der Waals surface area contributed by atoms with Crippen molar-refractivity contribution in [2.45, 2.75) is 31.3 Å². The SMILES string of the molecule is CC12C[NH+]3CC(C)(C[NH+](C1)C3(C)CSc1c[nH]c3ccccc13)C2=O. The van der Waals surface area contributed by atoms with Gasteiger partial charge in [-0.2, -0.15) is 0 Å². The Labute approximate surface area is 152 Å². The molecule has 3 N–H and O–H groups in total. The van der Waals surface area contributed by atoms with Crippen molar-refractivity contribution in [2.75, 3.05) is 31.9 Å². The van der Waals surface area contributed by atoms with Crippen molar-refractivity contribution < 1.29 is 14.6 Å². The Balaban J connectivity index is 1.43. The lowest BCUT2D eigenvalue weighted by atomic mass is 9.61. The van der Waals surface area contributed by atoms with Crippen LogP contribution >= 0.6 is 11.8 Å². The molecule has 2 aromatic rings. The average Bonchev–Trinajstić information content (AvgIpc) is 2.98. The molecule has 4 saturated heterocycles. The highest BCUT2D eigenvalue weighted by Gasteiger charge is 2.71. The van der Waals surface area contributed by atoms with Crippen molar-refractivity contribution in [1.29, 1.82) is 0 Å². The van der Waals surface area contributed by atoms with E-state index >= 15 is 0 Å². The molecule has 5 heteroatoms. The van der Waals surface area contributed by atoms with E-state index in [0.717, 1.165) is 31.9 Å². The van der Waals surface area contributed by atoms with Gasteiger partial charge in [-0.15, -0.1) is 11.8 Å². The summed E-state index contributed by atoms with van der Waals surface area (Å²) in [6.07, 6.45) is 2.15. The van der Waals surface area contributed by atoms with E-state index in [0.29, 0.717) is 5.78 Å². The van der Waals surface area contributed by atoms with Gasteiger partial charge < -0.3 is 4.98 Å². The molecule has 0 amide bonds. The van der Waals surface area contributed by atoms with Gasteiger partial charge in [0.15, 0.2) is 5.78 Å². The summed E-state index contributed by atoms with van der Waals surface area (Å²) >= 11 is 1.98. The second-order valence-corrected chi connectivity index (χ2v) is 10.2. The third-order valence-electron chi connectivity index (χ3n) is 7.14. The van der Waals surface area contributed by atoms with Crippen LogP contribution in [0.4, 0.5) is 0 Å². The monoisotopic (exact) mass is 357 g/mol. The largest absolute Gasteiger partial charge is 0.360 e. The van der Waals surface area contributed by atoms with Crippen LogP contribution in [0.25, 0.3) is 10.9 Å². The van der Waals surface area contributed by atoms with E-state index in [1.54, 1.807) is 9.80 Å². The van der Waals surface area contributed by atoms with E-state index in [1.807, 2.05) is 11.8 Å². The Morgan fingerprint density at radius 2 is 1.64 bits per heavy atom. The molecule has 1 aromatic carbocycles. The zero-order valence-electron chi connectivity index (χ0n) is 15.2. The Morgan fingerprint density at radius 1 is 1.04 bits per heavy atom. The summed E-state index contributed by atoms with van der Waals surface area (Å²) in [4.78, 5) is 20.9. The fraction of sp³-hybridized carbons (Fsp3) is 0.550. The average molecular weight is 358 g/mol. The number of aromatic amines is 1. The minimum atomic E-state index is -0.110. The number of ketones is 1. The van der Waals surface area contributed by atoms with Crippen molar-refractivity contribution in [3.8, 4) is 0 Å². The van der Waals surface area contributed by atoms with Gasteiger partial charge in [-0.05, 0) is 19.9 Å². The van der Waals surface area contributed by atoms with E-state index in [-0.39, 0.29) is 16.5 Å². The Morgan fingerprint density at radius 3 is 2.28 bits per heavy atom. The highest BCUT2D eigenvalue weighted by molar-refractivity contribution is 7.99. The minimum absolute atomic E-state index is 0.110. The summed E-state index contributed by atoms with van der Waals surface area (Å²) in [7, 11) is 0. The topological polar surface area (TPSA) is 41.7 Å². The lowest BCUT2D eigenvalue weighted by Gasteiger charge is -2.62. The molecule has 4 aliphatic rings. The van der Waals surface area contributed by atoms with Crippen LogP contribution in [0.3, 0.4) is 0 Å². The number of thioether (sulfide) groups is 1. The van der Waals surface area contributed by atoms with Crippen LogP contribution in [0.15, 0.2) is 35.4 Å². The van der Waals surface area contributed by atoms with Gasteiger partial charge in [0.05, 0.1) is 26.2 Å². The maximum Gasteiger partial charge on any atom is 0.229 e. The standard InChI is InChI=1S/C20H25N3OS/c1-18-9-22-11-19(2,17(18)24)12-23(10-18)20(22,3)13-25-16-8-21-15-7-5-4-6-14(15)16/h4-8,21H,9-13H2,1-3H3/p+2. The summed E-state index contributed by atoms with van der Waals surface area (Å²) in [5.74, 6) is 1.62. The highest BCUT2D eigenvalue weighted by atomic mass is 32.2. The first-order valence-electron chi connectivity index (χ1n) is 9.28. The maximum atomic E-state index is 12.9. The van der Waals surface area contributed by atoms with Crippen LogP contribution in [0.2, 0.25) is 0 Å². The number of H-pyrrole nitrogens is 1. The molecule has 0 atom stereocenters. The van der Waals surface area contributed by atoms with E-state index in [4.69, 9.17) is 0 Å². The van der Waals surface area contributed by atoms with E-state index in [1.165, 1.54) is 15.8 Å². The second-order valence-electron chi connectivity index (χ2n) is 9.18. The van der Waals surface area contributed by atoms with Crippen LogP contribution in [0.5, 0.6) is 0 Å². The molecule has 6 rings (SSSR count). The third-order valence-corrected chi connectivity index (χ3v) is 8.51. The number of benzene rings is 1. The molecule has 0 radical (unpaired) electrons. The van der Waals surface area contributed by atoms with Crippen LogP contribution in [0.1, 0.15) is 20.8 Å². The number of aromatic nitrogens is 1. The lowest BCUT2D eigenvalue weighted by molar-refractivity contribution is -1.20. The fourth-order valence-corrected chi connectivity index (χ4v) is 7.13. The van der Waals surface area contributed by atoms with Crippen LogP contribution in [0, 0.1) is 10.8 Å². The number of Topliss-reactive ketones (excluding diaryl/α,β-unsaturated/α-hetero) is 1. The summed E-state index contributed by atoms with van der Waals surface area (Å²) in [6.45, 7) is 10.9. The number of hydrogen-bond donors (Lipinski definition) is 3. The van der Waals surface area contributed by atoms with E-state index < -0.39 is 0 Å². The zero-order valence-corrected chi connectivity index (χ0v) is 16.1. The van der Waals surface area contributed by atoms with Crippen molar-refractivity contribution in [2.24, 2.45) is 10.8 Å². The number of rotatable bonds is 3. The molecule has 4 bridgehead atoms. The number of piperidine rings is 2. The van der Waals surface area contributed by atoms with Gasteiger partial charge in [0.2, 0.25) is 5.66 Å². The smallest absolute Gasteiger partial charge is 0.229 e. The molecular weight excluding hydrogens is 330 g/mol. The molecule has 4 fully saturated rings. The normalized spacial score (nSPS) is 42.4. The van der Waals surface area contributed by atoms with Crippen molar-refractivity contribution in [1.82, 2.24) is 4.98 Å². The van der Waals surface area contributed by atoms with Gasteiger partial charge in [-0.25, -0.2) is 0 Å². The first-order chi connectivity index (χ1) is 11.8. The molecule has 0 unspecified atom stereocenters. The van der Waals surface area contributed by atoms with Crippen molar-refractivity contribution in [3.05, 3.63) is 30.5 Å². The predicted octanol–water partition coefficient (Wildman–Crippen LogP) is 0.369. The molecule has 0 aliphatic carbocycles. The number of carbonyl (C=O) groups excluding carboxylic acids is 1. The van der Waals surface area contributed by atoms with Gasteiger partial charge in [0.1, 0.15) is 16.6 Å². The maximum absolute atomic E-state index is 12.9. The van der Waals surface area contributed by atoms with E-state index in [2.05, 4.69) is 56.2 Å². The van der Waals surface area contributed by atoms with Gasteiger partial charge >= 0.3 is 0 Å². The second kappa shape index (κ2) is 4.90. The van der Waals surface area contributed by atoms with Gasteiger partial charge in [0, 0.05) is 28.9 Å². The molecule has 132 valence electrons. The number of quaternary nitrogens is 2. The summed E-state index contributed by atoms with van der Waals surface area (Å²) in [6, 6.07) is 8.54. The van der Waals surface area contributed by atoms with Crippen molar-refractivity contribution >= 4 is 28.4 Å². The summed E-state index contributed by atoms with van der Waals surface area (Å²) in [5.41, 5.74) is 1.19. The molecular formula is C20H27N3OS+2. The highest BCUT2D eigenvalue weighted by Crippen LogP contribution is 2.37. The number of fused-ring (bicyclic) bond motifs is 1. The fourth-order valence-electron chi connectivity index (χ4n) is 5.80. The van der Waals surface area contributed by atoms with Crippen molar-refractivity contribution in [3.63, 3.8) is 0 Å². The number of hydrogen-bond acceptors (Lipinski definition) is 2. The lowest BCUT2D eigenvalue weighted by Crippen LogP contribution is -3.49. The minimum Gasteiger partial charge on any atom is -0.360 e. The van der Waals surface area contributed by atoms with Gasteiger partial charge in [-0.3, -0.25) is 14.6 Å². The first kappa shape index (κ1) is 15.9.